The van der Waals surface area contributed by atoms with Gasteiger partial charge in [-0.25, -0.2) is 0 Å². The summed E-state index contributed by atoms with van der Waals surface area (Å²) in [4.78, 5) is 20.3. The highest BCUT2D eigenvalue weighted by Crippen LogP contribution is 2.06. The van der Waals surface area contributed by atoms with Gasteiger partial charge in [0.25, 0.3) is 5.91 Å². The fourth-order valence-electron chi connectivity index (χ4n) is 1.67. The van der Waals surface area contributed by atoms with Crippen LogP contribution in [0.1, 0.15) is 28.0 Å². The quantitative estimate of drug-likeness (QED) is 0.824. The van der Waals surface area contributed by atoms with Gasteiger partial charge in [-0.05, 0) is 18.2 Å². The number of carbonyl (C=O) groups excluding carboxylic acids is 1. The maximum absolute atomic E-state index is 12.2. The van der Waals surface area contributed by atoms with Crippen molar-refractivity contribution in [2.24, 2.45) is 0 Å². The van der Waals surface area contributed by atoms with Crippen LogP contribution in [0.15, 0.2) is 42.9 Å². The second-order valence-electron chi connectivity index (χ2n) is 4.20. The van der Waals surface area contributed by atoms with Gasteiger partial charge in [-0.2, -0.15) is 0 Å². The molecule has 2 rings (SSSR count). The average Bonchev–Trinajstić information content (AvgIpc) is 2.54. The Kier molecular flexibility index (Phi) is 5.44. The Balaban J connectivity index is 2.07. The molecule has 0 spiro atoms. The van der Waals surface area contributed by atoms with Gasteiger partial charge >= 0.3 is 0 Å². The van der Waals surface area contributed by atoms with Crippen LogP contribution in [0.2, 0.25) is 0 Å². The summed E-state index contributed by atoms with van der Waals surface area (Å²) < 4.78 is 0. The molecule has 0 aliphatic heterocycles. The fourth-order valence-corrected chi connectivity index (χ4v) is 1.67. The summed E-state index contributed by atoms with van der Waals surface area (Å²) in [6.07, 6.45) is 5.14. The van der Waals surface area contributed by atoms with E-state index in [1.165, 1.54) is 0 Å². The molecule has 2 heterocycles. The van der Waals surface area contributed by atoms with Gasteiger partial charge in [0.2, 0.25) is 0 Å². The summed E-state index contributed by atoms with van der Waals surface area (Å²) in [6, 6.07) is 7.15. The van der Waals surface area contributed by atoms with Crippen LogP contribution < -0.4 is 5.32 Å². The first kappa shape index (κ1) is 14.7. The third-order valence-corrected chi connectivity index (χ3v) is 2.68. The smallest absolute Gasteiger partial charge is 0.252 e. The van der Waals surface area contributed by atoms with E-state index >= 15 is 0 Å². The summed E-state index contributed by atoms with van der Waals surface area (Å²) in [5.41, 5.74) is 1.80. The number of aromatic nitrogens is 2. The third kappa shape index (κ3) is 4.41. The summed E-state index contributed by atoms with van der Waals surface area (Å²) >= 11 is 0. The molecule has 5 heteroatoms. The maximum Gasteiger partial charge on any atom is 0.252 e. The molecule has 0 aromatic carbocycles. The summed E-state index contributed by atoms with van der Waals surface area (Å²) in [5.74, 6) is 5.41. The summed E-state index contributed by atoms with van der Waals surface area (Å²) in [5, 5.41) is 11.5. The van der Waals surface area contributed by atoms with Gasteiger partial charge in [-0.1, -0.05) is 17.9 Å². The highest BCUT2D eigenvalue weighted by atomic mass is 16.2. The number of hydrogen-bond donors (Lipinski definition) is 2. The lowest BCUT2D eigenvalue weighted by molar-refractivity contribution is 0.0950. The highest BCUT2D eigenvalue weighted by Gasteiger charge is 2.09. The van der Waals surface area contributed by atoms with Crippen molar-refractivity contribution < 1.29 is 9.90 Å². The Morgan fingerprint density at radius 2 is 2.19 bits per heavy atom. The zero-order valence-corrected chi connectivity index (χ0v) is 11.4. The summed E-state index contributed by atoms with van der Waals surface area (Å²) in [7, 11) is 0. The highest BCUT2D eigenvalue weighted by molar-refractivity contribution is 5.96. The maximum atomic E-state index is 12.2. The second kappa shape index (κ2) is 7.78. The molecule has 0 bridgehead atoms. The number of amides is 1. The van der Waals surface area contributed by atoms with Crippen molar-refractivity contribution in [1.29, 1.82) is 0 Å². The molecule has 0 aliphatic carbocycles. The standard InChI is InChI=1S/C16H15N3O2/c20-10-4-2-5-13-11-17-9-7-15(13)16(21)19-12-14-6-1-3-8-18-14/h1,3,6-9,11,20H,4,10,12H2,(H,19,21). The van der Waals surface area contributed by atoms with Gasteiger partial charge in [0.05, 0.1) is 30.0 Å². The number of nitrogens with zero attached hydrogens (tertiary/aromatic N) is 2. The van der Waals surface area contributed by atoms with E-state index in [-0.39, 0.29) is 12.5 Å². The van der Waals surface area contributed by atoms with E-state index in [9.17, 15) is 4.79 Å². The number of carbonyl (C=O) groups is 1. The Bertz CT molecular complexity index is 660. The van der Waals surface area contributed by atoms with Crippen LogP contribution in [0.5, 0.6) is 0 Å². The van der Waals surface area contributed by atoms with Crippen molar-refractivity contribution in [3.63, 3.8) is 0 Å². The molecule has 0 atom stereocenters. The van der Waals surface area contributed by atoms with Crippen molar-refractivity contribution in [1.82, 2.24) is 15.3 Å². The lowest BCUT2D eigenvalue weighted by Gasteiger charge is -2.06. The number of aliphatic hydroxyl groups is 1. The molecule has 0 unspecified atom stereocenters. The predicted octanol–water partition coefficient (Wildman–Crippen LogP) is 1.14. The van der Waals surface area contributed by atoms with Crippen molar-refractivity contribution >= 4 is 5.91 Å². The minimum atomic E-state index is -0.226. The molecule has 1 amide bonds. The van der Waals surface area contributed by atoms with E-state index in [2.05, 4.69) is 27.1 Å². The largest absolute Gasteiger partial charge is 0.395 e. The zero-order valence-electron chi connectivity index (χ0n) is 11.4. The van der Waals surface area contributed by atoms with Gasteiger partial charge in [0, 0.05) is 25.0 Å². The van der Waals surface area contributed by atoms with Crippen LogP contribution >= 0.6 is 0 Å². The first-order valence-corrected chi connectivity index (χ1v) is 6.53. The molecule has 21 heavy (non-hydrogen) atoms. The lowest BCUT2D eigenvalue weighted by atomic mass is 10.1. The number of hydrogen-bond acceptors (Lipinski definition) is 4. The Labute approximate surface area is 123 Å². The Morgan fingerprint density at radius 1 is 1.29 bits per heavy atom. The molecule has 0 fully saturated rings. The van der Waals surface area contributed by atoms with Crippen LogP contribution in [0.4, 0.5) is 0 Å². The number of nitrogens with one attached hydrogen (secondary N) is 1. The van der Waals surface area contributed by atoms with Gasteiger partial charge in [0.1, 0.15) is 0 Å². The molecule has 2 aromatic heterocycles. The molecule has 5 nitrogen and oxygen atoms in total. The topological polar surface area (TPSA) is 75.1 Å². The minimum Gasteiger partial charge on any atom is -0.395 e. The molecular weight excluding hydrogens is 266 g/mol. The average molecular weight is 281 g/mol. The molecule has 0 aliphatic rings. The molecule has 0 saturated heterocycles. The number of aliphatic hydroxyl groups excluding tert-OH is 1. The van der Waals surface area contributed by atoms with Crippen molar-refractivity contribution in [2.75, 3.05) is 6.61 Å². The van der Waals surface area contributed by atoms with Crippen LogP contribution in [-0.4, -0.2) is 27.6 Å². The summed E-state index contributed by atoms with van der Waals surface area (Å²) in [6.45, 7) is 0.347. The first-order valence-electron chi connectivity index (χ1n) is 6.53. The van der Waals surface area contributed by atoms with Crippen molar-refractivity contribution in [3.05, 3.63) is 59.7 Å². The number of pyridine rings is 2. The van der Waals surface area contributed by atoms with Crippen LogP contribution in [0.3, 0.4) is 0 Å². The monoisotopic (exact) mass is 281 g/mol. The van der Waals surface area contributed by atoms with Gasteiger partial charge < -0.3 is 10.4 Å². The van der Waals surface area contributed by atoms with Crippen LogP contribution in [-0.2, 0) is 6.54 Å². The SMILES string of the molecule is O=C(NCc1ccccn1)c1ccncc1C#CCCO. The number of rotatable bonds is 4. The van der Waals surface area contributed by atoms with E-state index in [0.717, 1.165) is 5.69 Å². The Morgan fingerprint density at radius 3 is 2.95 bits per heavy atom. The molecule has 2 aromatic rings. The zero-order chi connectivity index (χ0) is 14.9. The van der Waals surface area contributed by atoms with E-state index < -0.39 is 0 Å². The van der Waals surface area contributed by atoms with E-state index in [4.69, 9.17) is 5.11 Å². The predicted molar refractivity (Wildman–Crippen MR) is 78.2 cm³/mol. The second-order valence-corrected chi connectivity index (χ2v) is 4.20. The van der Waals surface area contributed by atoms with Crippen LogP contribution in [0.25, 0.3) is 0 Å². The minimum absolute atomic E-state index is 0.00549. The van der Waals surface area contributed by atoms with Crippen molar-refractivity contribution in [3.8, 4) is 11.8 Å². The van der Waals surface area contributed by atoms with E-state index in [0.29, 0.717) is 24.1 Å². The normalized spacial score (nSPS) is 9.57. The molecule has 0 radical (unpaired) electrons. The molecule has 106 valence electrons. The Hall–Kier alpha value is -2.71. The van der Waals surface area contributed by atoms with E-state index in [1.54, 1.807) is 24.7 Å². The third-order valence-electron chi connectivity index (χ3n) is 2.68. The van der Waals surface area contributed by atoms with E-state index in [1.807, 2.05) is 18.2 Å². The molecule has 0 saturated carbocycles. The molecule has 2 N–H and O–H groups in total. The van der Waals surface area contributed by atoms with Gasteiger partial charge in [-0.3, -0.25) is 14.8 Å². The lowest BCUT2D eigenvalue weighted by Crippen LogP contribution is -2.24. The first-order chi connectivity index (χ1) is 10.3. The molecular formula is C16H15N3O2. The van der Waals surface area contributed by atoms with Gasteiger partial charge in [0.15, 0.2) is 0 Å². The van der Waals surface area contributed by atoms with Crippen molar-refractivity contribution in [2.45, 2.75) is 13.0 Å². The van der Waals surface area contributed by atoms with Gasteiger partial charge in [-0.15, -0.1) is 0 Å². The fraction of sp³-hybridized carbons (Fsp3) is 0.188. The van der Waals surface area contributed by atoms with Crippen LogP contribution in [0, 0.1) is 11.8 Å².